The largest absolute Gasteiger partial charge is 0.469 e. The Morgan fingerprint density at radius 1 is 1.35 bits per heavy atom. The van der Waals surface area contributed by atoms with Crippen LogP contribution < -0.4 is 0 Å². The SMILES string of the molecule is COC(=O)C1CCN(C(=O)c2cc(Cl)ccc2F)CC1. The molecule has 0 aromatic heterocycles. The highest BCUT2D eigenvalue weighted by molar-refractivity contribution is 6.31. The highest BCUT2D eigenvalue weighted by atomic mass is 35.5. The number of halogens is 2. The summed E-state index contributed by atoms with van der Waals surface area (Å²) in [5, 5.41) is 0.319. The van der Waals surface area contributed by atoms with E-state index in [2.05, 4.69) is 4.74 Å². The molecular weight excluding hydrogens is 285 g/mol. The van der Waals surface area contributed by atoms with Crippen LogP contribution in [0, 0.1) is 11.7 Å². The van der Waals surface area contributed by atoms with Crippen LogP contribution in [0.2, 0.25) is 5.02 Å². The number of amides is 1. The van der Waals surface area contributed by atoms with E-state index in [1.807, 2.05) is 0 Å². The first-order chi connectivity index (χ1) is 9.52. The molecule has 0 radical (unpaired) electrons. The lowest BCUT2D eigenvalue weighted by Gasteiger charge is -2.30. The van der Waals surface area contributed by atoms with Gasteiger partial charge in [-0.15, -0.1) is 0 Å². The summed E-state index contributed by atoms with van der Waals surface area (Å²) in [5.74, 6) is -1.43. The molecule has 1 aromatic rings. The van der Waals surface area contributed by atoms with Crippen LogP contribution in [0.1, 0.15) is 23.2 Å². The maximum Gasteiger partial charge on any atom is 0.308 e. The van der Waals surface area contributed by atoms with Gasteiger partial charge in [0, 0.05) is 18.1 Å². The number of methoxy groups -OCH3 is 1. The molecule has 0 saturated carbocycles. The lowest BCUT2D eigenvalue weighted by Crippen LogP contribution is -2.40. The van der Waals surface area contributed by atoms with E-state index in [1.54, 1.807) is 0 Å². The van der Waals surface area contributed by atoms with Crippen LogP contribution in [0.25, 0.3) is 0 Å². The number of nitrogens with zero attached hydrogens (tertiary/aromatic N) is 1. The number of esters is 1. The molecule has 1 fully saturated rings. The van der Waals surface area contributed by atoms with Gasteiger partial charge in [0.05, 0.1) is 18.6 Å². The third-order valence-corrected chi connectivity index (χ3v) is 3.71. The molecule has 0 unspecified atom stereocenters. The Bertz CT molecular complexity index is 527. The molecule has 0 aliphatic carbocycles. The predicted octanol–water partition coefficient (Wildman–Crippen LogP) is 2.50. The fourth-order valence-electron chi connectivity index (χ4n) is 2.32. The van der Waals surface area contributed by atoms with Crippen molar-refractivity contribution in [3.05, 3.63) is 34.6 Å². The number of benzene rings is 1. The van der Waals surface area contributed by atoms with Gasteiger partial charge in [0.25, 0.3) is 5.91 Å². The number of hydrogen-bond acceptors (Lipinski definition) is 3. The summed E-state index contributed by atoms with van der Waals surface area (Å²) in [5.41, 5.74) is -0.0333. The van der Waals surface area contributed by atoms with E-state index in [0.717, 1.165) is 0 Å². The van der Waals surface area contributed by atoms with E-state index < -0.39 is 11.7 Å². The van der Waals surface area contributed by atoms with Crippen LogP contribution in [0.4, 0.5) is 4.39 Å². The molecule has 1 amide bonds. The molecule has 1 aromatic carbocycles. The second kappa shape index (κ2) is 6.22. The van der Waals surface area contributed by atoms with E-state index in [1.165, 1.54) is 30.2 Å². The molecule has 4 nitrogen and oxygen atoms in total. The van der Waals surface area contributed by atoms with Crippen molar-refractivity contribution >= 4 is 23.5 Å². The maximum absolute atomic E-state index is 13.7. The monoisotopic (exact) mass is 299 g/mol. The minimum atomic E-state index is -0.588. The summed E-state index contributed by atoms with van der Waals surface area (Å²) < 4.78 is 18.3. The first kappa shape index (κ1) is 14.8. The van der Waals surface area contributed by atoms with Crippen molar-refractivity contribution in [2.45, 2.75) is 12.8 Å². The van der Waals surface area contributed by atoms with Crippen LogP contribution in [0.5, 0.6) is 0 Å². The molecule has 20 heavy (non-hydrogen) atoms. The van der Waals surface area contributed by atoms with E-state index >= 15 is 0 Å². The Hall–Kier alpha value is -1.62. The lowest BCUT2D eigenvalue weighted by molar-refractivity contribution is -0.146. The van der Waals surface area contributed by atoms with Gasteiger partial charge in [0.1, 0.15) is 5.82 Å². The minimum absolute atomic E-state index is 0.0333. The highest BCUT2D eigenvalue weighted by Crippen LogP contribution is 2.22. The number of rotatable bonds is 2. The molecular formula is C14H15ClFNO3. The first-order valence-electron chi connectivity index (χ1n) is 6.35. The average Bonchev–Trinajstić information content (AvgIpc) is 2.48. The van der Waals surface area contributed by atoms with Gasteiger partial charge in [-0.25, -0.2) is 4.39 Å². The number of ether oxygens (including phenoxy) is 1. The van der Waals surface area contributed by atoms with Crippen LogP contribution >= 0.6 is 11.6 Å². The molecule has 0 bridgehead atoms. The normalized spacial score (nSPS) is 16.1. The van der Waals surface area contributed by atoms with Crippen molar-refractivity contribution in [2.24, 2.45) is 5.92 Å². The molecule has 0 spiro atoms. The summed E-state index contributed by atoms with van der Waals surface area (Å²) in [6.45, 7) is 0.815. The summed E-state index contributed by atoms with van der Waals surface area (Å²) in [7, 11) is 1.35. The zero-order valence-corrected chi connectivity index (χ0v) is 11.8. The Morgan fingerprint density at radius 2 is 2.00 bits per heavy atom. The number of piperidine rings is 1. The Morgan fingerprint density at radius 3 is 2.60 bits per heavy atom. The Labute approximate surface area is 121 Å². The third-order valence-electron chi connectivity index (χ3n) is 3.48. The van der Waals surface area contributed by atoms with E-state index in [0.29, 0.717) is 31.0 Å². The topological polar surface area (TPSA) is 46.6 Å². The average molecular weight is 300 g/mol. The van der Waals surface area contributed by atoms with Gasteiger partial charge in [0.15, 0.2) is 0 Å². The summed E-state index contributed by atoms with van der Waals surface area (Å²) in [6, 6.07) is 3.90. The molecule has 1 heterocycles. The minimum Gasteiger partial charge on any atom is -0.469 e. The van der Waals surface area contributed by atoms with Gasteiger partial charge in [0.2, 0.25) is 0 Å². The Balaban J connectivity index is 2.05. The molecule has 1 saturated heterocycles. The number of carbonyl (C=O) groups excluding carboxylic acids is 2. The number of likely N-dealkylation sites (tertiary alicyclic amines) is 1. The molecule has 0 atom stereocenters. The molecule has 0 N–H and O–H groups in total. The smallest absolute Gasteiger partial charge is 0.308 e. The quantitative estimate of drug-likeness (QED) is 0.788. The van der Waals surface area contributed by atoms with Crippen molar-refractivity contribution in [1.82, 2.24) is 4.90 Å². The van der Waals surface area contributed by atoms with Crippen molar-refractivity contribution in [2.75, 3.05) is 20.2 Å². The fraction of sp³-hybridized carbons (Fsp3) is 0.429. The van der Waals surface area contributed by atoms with Crippen LogP contribution in [-0.4, -0.2) is 37.0 Å². The van der Waals surface area contributed by atoms with Crippen LogP contribution in [0.3, 0.4) is 0 Å². The van der Waals surface area contributed by atoms with Gasteiger partial charge >= 0.3 is 5.97 Å². The van der Waals surface area contributed by atoms with Crippen LogP contribution in [0.15, 0.2) is 18.2 Å². The van der Waals surface area contributed by atoms with Crippen molar-refractivity contribution in [1.29, 1.82) is 0 Å². The summed E-state index contributed by atoms with van der Waals surface area (Å²) in [4.78, 5) is 25.2. The maximum atomic E-state index is 13.7. The zero-order valence-electron chi connectivity index (χ0n) is 11.1. The van der Waals surface area contributed by atoms with Gasteiger partial charge < -0.3 is 9.64 Å². The van der Waals surface area contributed by atoms with Gasteiger partial charge in [-0.2, -0.15) is 0 Å². The second-order valence-corrected chi connectivity index (χ2v) is 5.15. The van der Waals surface area contributed by atoms with E-state index in [-0.39, 0.29) is 17.5 Å². The lowest BCUT2D eigenvalue weighted by atomic mass is 9.96. The standard InChI is InChI=1S/C14H15ClFNO3/c1-20-14(19)9-4-6-17(7-5-9)13(18)11-8-10(15)2-3-12(11)16/h2-3,8-9H,4-7H2,1H3. The van der Waals surface area contributed by atoms with Gasteiger partial charge in [-0.05, 0) is 31.0 Å². The third kappa shape index (κ3) is 3.10. The number of hydrogen-bond donors (Lipinski definition) is 0. The molecule has 1 aliphatic heterocycles. The van der Waals surface area contributed by atoms with E-state index in [9.17, 15) is 14.0 Å². The fourth-order valence-corrected chi connectivity index (χ4v) is 2.49. The molecule has 6 heteroatoms. The van der Waals surface area contributed by atoms with Gasteiger partial charge in [-0.3, -0.25) is 9.59 Å². The van der Waals surface area contributed by atoms with Crippen LogP contribution in [-0.2, 0) is 9.53 Å². The Kier molecular flexibility index (Phi) is 4.60. The van der Waals surface area contributed by atoms with Crippen molar-refractivity contribution in [3.8, 4) is 0 Å². The van der Waals surface area contributed by atoms with E-state index in [4.69, 9.17) is 11.6 Å². The summed E-state index contributed by atoms with van der Waals surface area (Å²) >= 11 is 5.78. The predicted molar refractivity (Wildman–Crippen MR) is 72.1 cm³/mol. The first-order valence-corrected chi connectivity index (χ1v) is 6.73. The zero-order chi connectivity index (χ0) is 14.7. The summed E-state index contributed by atoms with van der Waals surface area (Å²) in [6.07, 6.45) is 1.06. The molecule has 108 valence electrons. The van der Waals surface area contributed by atoms with Gasteiger partial charge in [-0.1, -0.05) is 11.6 Å². The molecule has 1 aliphatic rings. The number of carbonyl (C=O) groups is 2. The highest BCUT2D eigenvalue weighted by Gasteiger charge is 2.29. The molecule has 2 rings (SSSR count). The second-order valence-electron chi connectivity index (χ2n) is 4.71. The van der Waals surface area contributed by atoms with Crippen molar-refractivity contribution < 1.29 is 18.7 Å². The van der Waals surface area contributed by atoms with Crippen molar-refractivity contribution in [3.63, 3.8) is 0 Å².